The van der Waals surface area contributed by atoms with Crippen LogP contribution < -0.4 is 15.5 Å². The van der Waals surface area contributed by atoms with Crippen molar-refractivity contribution in [2.45, 2.75) is 59.1 Å². The number of thiazole rings is 1. The molecule has 1 fully saturated rings. The molecule has 1 aliphatic heterocycles. The van der Waals surface area contributed by atoms with Crippen LogP contribution >= 0.6 is 11.3 Å². The van der Waals surface area contributed by atoms with Gasteiger partial charge in [-0.3, -0.25) is 14.9 Å². The zero-order valence-corrected chi connectivity index (χ0v) is 32.5. The van der Waals surface area contributed by atoms with Crippen LogP contribution in [0.3, 0.4) is 0 Å². The van der Waals surface area contributed by atoms with Crippen molar-refractivity contribution in [1.29, 1.82) is 5.41 Å². The van der Waals surface area contributed by atoms with E-state index in [1.807, 2.05) is 60.2 Å². The van der Waals surface area contributed by atoms with Crippen molar-refractivity contribution >= 4 is 62.1 Å². The highest BCUT2D eigenvalue weighted by Gasteiger charge is 2.40. The summed E-state index contributed by atoms with van der Waals surface area (Å²) >= 11 is 1.42. The predicted octanol–water partition coefficient (Wildman–Crippen LogP) is 6.40. The van der Waals surface area contributed by atoms with E-state index in [4.69, 9.17) is 15.3 Å². The largest absolute Gasteiger partial charge is 0.481 e. The second-order valence-electron chi connectivity index (χ2n) is 15.0. The zero-order valence-electron chi connectivity index (χ0n) is 31.7. The lowest BCUT2D eigenvalue weighted by molar-refractivity contribution is -0.137. The highest BCUT2D eigenvalue weighted by atomic mass is 32.1. The molecule has 4 aromatic rings. The topological polar surface area (TPSA) is 181 Å². The highest BCUT2D eigenvalue weighted by Crippen LogP contribution is 2.43. The van der Waals surface area contributed by atoms with Crippen molar-refractivity contribution < 1.29 is 29.3 Å². The monoisotopic (exact) mass is 767 g/mol. The normalized spacial score (nSPS) is 19.9. The predicted molar refractivity (Wildman–Crippen MR) is 215 cm³/mol. The first-order valence-corrected chi connectivity index (χ1v) is 19.4. The average molecular weight is 768 g/mol. The fraction of sp³-hybridized carbons (Fsp3) is 0.415. The molecule has 1 aliphatic carbocycles. The molecule has 0 saturated heterocycles. The van der Waals surface area contributed by atoms with E-state index in [2.05, 4.69) is 34.4 Å². The lowest BCUT2D eigenvalue weighted by atomic mass is 9.87. The summed E-state index contributed by atoms with van der Waals surface area (Å²) in [5, 5.41) is 34.5. The van der Waals surface area contributed by atoms with Gasteiger partial charge in [0.25, 0.3) is 5.91 Å². The maximum absolute atomic E-state index is 13.5. The molecule has 290 valence electrons. The van der Waals surface area contributed by atoms with Gasteiger partial charge in [0, 0.05) is 61.3 Å². The zero-order chi connectivity index (χ0) is 39.3. The van der Waals surface area contributed by atoms with Gasteiger partial charge in [0.05, 0.1) is 29.3 Å². The second kappa shape index (κ2) is 17.1. The minimum atomic E-state index is -1.19. The minimum Gasteiger partial charge on any atom is -0.481 e. The molecule has 5 N–H and O–H groups in total. The minimum absolute atomic E-state index is 0.0762. The number of ether oxygens (including phenoxy) is 1. The Morgan fingerprint density at radius 1 is 1.07 bits per heavy atom. The molecule has 3 heterocycles. The Kier molecular flexibility index (Phi) is 12.3. The Balaban J connectivity index is 1.13. The third-order valence-electron chi connectivity index (χ3n) is 10.7. The Hall–Kier alpha value is -5.18. The Morgan fingerprint density at radius 3 is 2.62 bits per heavy atom. The Labute approximate surface area is 324 Å². The van der Waals surface area contributed by atoms with E-state index in [1.54, 1.807) is 18.2 Å². The van der Waals surface area contributed by atoms with Crippen LogP contribution in [0.2, 0.25) is 0 Å². The number of benzene rings is 2. The molecule has 2 aromatic carbocycles. The van der Waals surface area contributed by atoms with Gasteiger partial charge in [-0.05, 0) is 86.0 Å². The van der Waals surface area contributed by atoms with Crippen molar-refractivity contribution in [3.8, 4) is 0 Å². The summed E-state index contributed by atoms with van der Waals surface area (Å²) in [5.41, 5.74) is 4.53. The standard InChI is InChI=1S/C41H49N7O6S/c1-25-20-41(3,21-33(25)54-19-18-47(4)16-15-36(49)50)24-43-26(2)30(22-42)28-12-13-35(45-37(28)39(52)53)48-17-14-27-8-7-9-29(31(27)23-48)38(51)46-40-44-32-10-5-6-11-34(32)55-40/h5-13,22,25,33,42-43H,14-21,23-24H2,1-4H3,(H,49,50)(H,52,53)(H,44,46,51)/b30-26+,42-22?. The summed E-state index contributed by atoms with van der Waals surface area (Å²) < 4.78 is 7.23. The number of likely N-dealkylation sites (N-methyl/N-ethyl adjacent to an activating group) is 1. The van der Waals surface area contributed by atoms with Crippen molar-refractivity contribution in [3.05, 3.63) is 88.2 Å². The number of allylic oxidation sites excluding steroid dienone is 2. The van der Waals surface area contributed by atoms with E-state index in [0.29, 0.717) is 85.0 Å². The molecule has 2 aliphatic rings. The molecule has 0 radical (unpaired) electrons. The highest BCUT2D eigenvalue weighted by molar-refractivity contribution is 7.22. The van der Waals surface area contributed by atoms with E-state index < -0.39 is 11.9 Å². The van der Waals surface area contributed by atoms with Crippen molar-refractivity contribution in [2.75, 3.05) is 50.1 Å². The number of hydrogen-bond donors (Lipinski definition) is 5. The number of carboxylic acid groups (broad SMARTS) is 2. The molecule has 3 unspecified atom stereocenters. The number of aliphatic carboxylic acids is 1. The number of anilines is 2. The summed E-state index contributed by atoms with van der Waals surface area (Å²) in [4.78, 5) is 50.2. The first kappa shape index (κ1) is 39.5. The maximum Gasteiger partial charge on any atom is 0.355 e. The number of nitrogens with one attached hydrogen (secondary N) is 3. The summed E-state index contributed by atoms with van der Waals surface area (Å²) in [6, 6.07) is 16.9. The van der Waals surface area contributed by atoms with Gasteiger partial charge >= 0.3 is 11.9 Å². The number of amides is 1. The molecule has 1 amide bonds. The second-order valence-corrected chi connectivity index (χ2v) is 16.0. The van der Waals surface area contributed by atoms with Gasteiger partial charge in [-0.15, -0.1) is 0 Å². The third kappa shape index (κ3) is 9.38. The van der Waals surface area contributed by atoms with Crippen LogP contribution in [0.4, 0.5) is 10.9 Å². The van der Waals surface area contributed by atoms with Crippen LogP contribution in [0.15, 0.2) is 60.3 Å². The number of fused-ring (bicyclic) bond motifs is 2. The molecule has 2 aromatic heterocycles. The number of rotatable bonds is 16. The molecular weight excluding hydrogens is 719 g/mol. The molecule has 1 saturated carbocycles. The number of aromatic nitrogens is 2. The summed E-state index contributed by atoms with van der Waals surface area (Å²) in [6.07, 6.45) is 3.78. The van der Waals surface area contributed by atoms with Gasteiger partial charge in [-0.25, -0.2) is 14.8 Å². The molecule has 13 nitrogen and oxygen atoms in total. The molecule has 0 spiro atoms. The molecule has 55 heavy (non-hydrogen) atoms. The molecular formula is C41H49N7O6S. The number of hydrogen-bond acceptors (Lipinski definition) is 11. The number of para-hydroxylation sites is 1. The van der Waals surface area contributed by atoms with Crippen molar-refractivity contribution in [2.24, 2.45) is 11.3 Å². The van der Waals surface area contributed by atoms with Crippen molar-refractivity contribution in [3.63, 3.8) is 0 Å². The first-order chi connectivity index (χ1) is 26.3. The molecule has 0 bridgehead atoms. The van der Waals surface area contributed by atoms with E-state index in [1.165, 1.54) is 17.6 Å². The lowest BCUT2D eigenvalue weighted by Crippen LogP contribution is -2.33. The van der Waals surface area contributed by atoms with Crippen LogP contribution in [0, 0.1) is 16.7 Å². The number of aromatic carboxylic acids is 1. The Bertz CT molecular complexity index is 2080. The van der Waals surface area contributed by atoms with E-state index in [0.717, 1.165) is 34.2 Å². The van der Waals surface area contributed by atoms with Crippen LogP contribution in [0.5, 0.6) is 0 Å². The number of carboxylic acids is 2. The summed E-state index contributed by atoms with van der Waals surface area (Å²) in [6.45, 7) is 9.50. The number of carbonyl (C=O) groups excluding carboxylic acids is 1. The van der Waals surface area contributed by atoms with E-state index >= 15 is 0 Å². The fourth-order valence-electron chi connectivity index (χ4n) is 7.72. The van der Waals surface area contributed by atoms with Crippen molar-refractivity contribution in [1.82, 2.24) is 20.2 Å². The van der Waals surface area contributed by atoms with Crippen LogP contribution in [0.1, 0.15) is 77.6 Å². The van der Waals surface area contributed by atoms with Crippen LogP contribution in [0.25, 0.3) is 15.8 Å². The third-order valence-corrected chi connectivity index (χ3v) is 11.7. The molecule has 14 heteroatoms. The summed E-state index contributed by atoms with van der Waals surface area (Å²) in [7, 11) is 1.89. The van der Waals surface area contributed by atoms with Gasteiger partial charge in [0.15, 0.2) is 10.8 Å². The quantitative estimate of drug-likeness (QED) is 0.0796. The van der Waals surface area contributed by atoms with Gasteiger partial charge in [0.1, 0.15) is 5.82 Å². The number of carbonyl (C=O) groups is 3. The van der Waals surface area contributed by atoms with Crippen LogP contribution in [-0.2, 0) is 22.5 Å². The van der Waals surface area contributed by atoms with Gasteiger partial charge in [0.2, 0.25) is 0 Å². The van der Waals surface area contributed by atoms with E-state index in [9.17, 15) is 19.5 Å². The van der Waals surface area contributed by atoms with Gasteiger partial charge in [-0.1, -0.05) is 49.4 Å². The first-order valence-electron chi connectivity index (χ1n) is 18.6. The molecule has 6 rings (SSSR count). The van der Waals surface area contributed by atoms with Gasteiger partial charge in [-0.2, -0.15) is 0 Å². The average Bonchev–Trinajstić information content (AvgIpc) is 3.71. The number of pyridine rings is 1. The lowest BCUT2D eigenvalue weighted by Gasteiger charge is -2.31. The maximum atomic E-state index is 13.5. The SMILES string of the molecule is C/C(NCC1(C)CC(C)C(OCCN(C)CCC(=O)O)C1)=C(/C=N)c1ccc(N2CCc3cccc(C(=O)Nc4nc5ccccc5s4)c3C2)nc1C(=O)O. The Morgan fingerprint density at radius 2 is 1.87 bits per heavy atom. The molecule has 3 atom stereocenters. The smallest absolute Gasteiger partial charge is 0.355 e. The number of nitrogens with zero attached hydrogens (tertiary/aromatic N) is 4. The summed E-state index contributed by atoms with van der Waals surface area (Å²) in [5.74, 6) is -1.44. The van der Waals surface area contributed by atoms with Gasteiger partial charge < -0.3 is 35.5 Å². The van der Waals surface area contributed by atoms with Crippen LogP contribution in [-0.4, -0.2) is 95.1 Å². The van der Waals surface area contributed by atoms with E-state index in [-0.39, 0.29) is 29.5 Å². The fourth-order valence-corrected chi connectivity index (χ4v) is 8.58.